The van der Waals surface area contributed by atoms with E-state index in [-0.39, 0.29) is 0 Å². The Kier molecular flexibility index (Phi) is 10.5. The zero-order valence-electron chi connectivity index (χ0n) is 12.5. The van der Waals surface area contributed by atoms with E-state index < -0.39 is 0 Å². The first-order valence-electron chi connectivity index (χ1n) is 7.42. The molecule has 0 amide bonds. The van der Waals surface area contributed by atoms with Crippen molar-refractivity contribution >= 4 is 6.21 Å². The van der Waals surface area contributed by atoms with Gasteiger partial charge in [0, 0.05) is 0 Å². The third-order valence-electron chi connectivity index (χ3n) is 2.86. The second-order valence-electron chi connectivity index (χ2n) is 5.86. The van der Waals surface area contributed by atoms with Crippen molar-refractivity contribution in [3.8, 4) is 0 Å². The topological polar surface area (TPSA) is 12.4 Å². The van der Waals surface area contributed by atoms with E-state index >= 15 is 0 Å². The van der Waals surface area contributed by atoms with E-state index in [2.05, 4.69) is 39.4 Å². The van der Waals surface area contributed by atoms with Crippen molar-refractivity contribution in [1.29, 1.82) is 0 Å². The van der Waals surface area contributed by atoms with E-state index in [9.17, 15) is 0 Å². The van der Waals surface area contributed by atoms with Gasteiger partial charge >= 0.3 is 0 Å². The van der Waals surface area contributed by atoms with Gasteiger partial charge in [-0.15, -0.1) is 0 Å². The lowest BCUT2D eigenvalue weighted by Crippen LogP contribution is -2.27. The molecule has 0 aliphatic rings. The number of quaternary nitrogens is 1. The molecule has 0 aliphatic carbocycles. The molecule has 0 unspecified atom stereocenters. The molecule has 0 N–H and O–H groups in total. The van der Waals surface area contributed by atoms with Crippen molar-refractivity contribution in [2.24, 2.45) is 5.10 Å². The standard InChI is InChI=1S/C15H33N2/c1-5-6-7-8-9-10-11-12-13-14-15-16-17(2,3)4/h15H,5-14H2,1-4H3/q+1/b16-15+. The summed E-state index contributed by atoms with van der Waals surface area (Å²) in [7, 11) is 6.27. The molecule has 2 nitrogen and oxygen atoms in total. The Balaban J connectivity index is 3.11. The van der Waals surface area contributed by atoms with Crippen LogP contribution in [0.15, 0.2) is 5.10 Å². The maximum Gasteiger partial charge on any atom is 0.0923 e. The van der Waals surface area contributed by atoms with Gasteiger partial charge in [0.05, 0.1) is 27.4 Å². The number of rotatable bonds is 11. The van der Waals surface area contributed by atoms with E-state index in [1.165, 1.54) is 57.8 Å². The SMILES string of the molecule is CCCCCCCCCCC/C=N/[N+](C)(C)C. The molecule has 0 fully saturated rings. The molecule has 0 aromatic carbocycles. The van der Waals surface area contributed by atoms with Crippen LogP contribution in [0.5, 0.6) is 0 Å². The molecular weight excluding hydrogens is 208 g/mol. The summed E-state index contributed by atoms with van der Waals surface area (Å²) in [5.41, 5.74) is 0. The predicted molar refractivity (Wildman–Crippen MR) is 78.4 cm³/mol. The van der Waals surface area contributed by atoms with Crippen LogP contribution in [-0.4, -0.2) is 31.9 Å². The maximum atomic E-state index is 4.44. The van der Waals surface area contributed by atoms with Gasteiger partial charge in [-0.05, 0) is 12.8 Å². The van der Waals surface area contributed by atoms with Crippen LogP contribution in [-0.2, 0) is 0 Å². The summed E-state index contributed by atoms with van der Waals surface area (Å²) in [6.07, 6.45) is 15.8. The highest BCUT2D eigenvalue weighted by atomic mass is 15.6. The molecule has 102 valence electrons. The van der Waals surface area contributed by atoms with E-state index in [0.717, 1.165) is 6.42 Å². The zero-order chi connectivity index (χ0) is 13.0. The first-order valence-corrected chi connectivity index (χ1v) is 7.42. The lowest BCUT2D eigenvalue weighted by Gasteiger charge is -2.14. The molecule has 0 aromatic heterocycles. The fraction of sp³-hybridized carbons (Fsp3) is 0.933. The molecule has 0 radical (unpaired) electrons. The Morgan fingerprint density at radius 3 is 1.71 bits per heavy atom. The summed E-state index contributed by atoms with van der Waals surface area (Å²) in [5, 5.41) is 4.44. The number of unbranched alkanes of at least 4 members (excludes halogenated alkanes) is 9. The van der Waals surface area contributed by atoms with Gasteiger partial charge < -0.3 is 0 Å². The average molecular weight is 241 g/mol. The third-order valence-corrected chi connectivity index (χ3v) is 2.86. The van der Waals surface area contributed by atoms with Crippen LogP contribution in [0.25, 0.3) is 0 Å². The van der Waals surface area contributed by atoms with Crippen LogP contribution in [0, 0.1) is 0 Å². The summed E-state index contributed by atoms with van der Waals surface area (Å²) in [4.78, 5) is 0. The van der Waals surface area contributed by atoms with Crippen molar-refractivity contribution < 1.29 is 4.59 Å². The summed E-state index contributed by atoms with van der Waals surface area (Å²) in [6.45, 7) is 2.28. The minimum absolute atomic E-state index is 0.692. The summed E-state index contributed by atoms with van der Waals surface area (Å²) in [6, 6.07) is 0. The summed E-state index contributed by atoms with van der Waals surface area (Å²) in [5.74, 6) is 0. The lowest BCUT2D eigenvalue weighted by molar-refractivity contribution is -0.876. The van der Waals surface area contributed by atoms with Gasteiger partial charge in [-0.3, -0.25) is 0 Å². The largest absolute Gasteiger partial charge is 0.205 e. The van der Waals surface area contributed by atoms with Crippen molar-refractivity contribution in [3.63, 3.8) is 0 Å². The van der Waals surface area contributed by atoms with Gasteiger partial charge in [0.25, 0.3) is 0 Å². The van der Waals surface area contributed by atoms with E-state index in [1.807, 2.05) is 0 Å². The average Bonchev–Trinajstić information content (AvgIpc) is 2.24. The van der Waals surface area contributed by atoms with Gasteiger partial charge in [0.2, 0.25) is 0 Å². The maximum absolute atomic E-state index is 4.44. The predicted octanol–water partition coefficient (Wildman–Crippen LogP) is 4.60. The molecule has 0 spiro atoms. The van der Waals surface area contributed by atoms with E-state index in [0.29, 0.717) is 4.59 Å². The molecule has 0 bridgehead atoms. The molecule has 17 heavy (non-hydrogen) atoms. The fourth-order valence-electron chi connectivity index (χ4n) is 1.85. The highest BCUT2D eigenvalue weighted by Gasteiger charge is 2.00. The fourth-order valence-corrected chi connectivity index (χ4v) is 1.85. The van der Waals surface area contributed by atoms with Gasteiger partial charge in [0.1, 0.15) is 0 Å². The molecule has 0 saturated carbocycles. The summed E-state index contributed by atoms with van der Waals surface area (Å²) >= 11 is 0. The van der Waals surface area contributed by atoms with Crippen LogP contribution >= 0.6 is 0 Å². The van der Waals surface area contributed by atoms with Crippen LogP contribution in [0.3, 0.4) is 0 Å². The van der Waals surface area contributed by atoms with Crippen LogP contribution < -0.4 is 0 Å². The third kappa shape index (κ3) is 15.6. The minimum atomic E-state index is 0.692. The smallest absolute Gasteiger partial charge is 0.0923 e. The Morgan fingerprint density at radius 1 is 0.765 bits per heavy atom. The molecule has 0 rings (SSSR count). The summed E-state index contributed by atoms with van der Waals surface area (Å²) < 4.78 is 0.692. The molecular formula is C15H33N2+. The minimum Gasteiger partial charge on any atom is -0.205 e. The highest BCUT2D eigenvalue weighted by Crippen LogP contribution is 2.10. The highest BCUT2D eigenvalue weighted by molar-refractivity contribution is 5.55. The Hall–Kier alpha value is -0.370. The first-order chi connectivity index (χ1) is 8.06. The molecule has 0 saturated heterocycles. The normalized spacial score (nSPS) is 12.5. The Labute approximate surface area is 109 Å². The molecule has 0 heterocycles. The first kappa shape index (κ1) is 16.6. The van der Waals surface area contributed by atoms with Gasteiger partial charge in [-0.1, -0.05) is 63.4 Å². The molecule has 0 aliphatic heterocycles. The van der Waals surface area contributed by atoms with Crippen LogP contribution in [0.4, 0.5) is 0 Å². The van der Waals surface area contributed by atoms with E-state index in [4.69, 9.17) is 0 Å². The van der Waals surface area contributed by atoms with Crippen molar-refractivity contribution in [3.05, 3.63) is 0 Å². The van der Waals surface area contributed by atoms with Gasteiger partial charge in [-0.2, -0.15) is 0 Å². The van der Waals surface area contributed by atoms with E-state index in [1.54, 1.807) is 0 Å². The quantitative estimate of drug-likeness (QED) is 0.217. The molecule has 0 atom stereocenters. The monoisotopic (exact) mass is 241 g/mol. The second-order valence-corrected chi connectivity index (χ2v) is 5.86. The Bertz CT molecular complexity index is 180. The Morgan fingerprint density at radius 2 is 1.24 bits per heavy atom. The zero-order valence-corrected chi connectivity index (χ0v) is 12.5. The van der Waals surface area contributed by atoms with Crippen molar-refractivity contribution in [2.45, 2.75) is 71.1 Å². The number of hydrogen-bond acceptors (Lipinski definition) is 1. The number of hydrogen-bond donors (Lipinski definition) is 0. The van der Waals surface area contributed by atoms with Crippen molar-refractivity contribution in [2.75, 3.05) is 21.1 Å². The van der Waals surface area contributed by atoms with Crippen molar-refractivity contribution in [1.82, 2.24) is 0 Å². The second kappa shape index (κ2) is 10.8. The van der Waals surface area contributed by atoms with Gasteiger partial charge in [0.15, 0.2) is 0 Å². The lowest BCUT2D eigenvalue weighted by atomic mass is 10.1. The van der Waals surface area contributed by atoms with Crippen LogP contribution in [0.1, 0.15) is 71.1 Å². The van der Waals surface area contributed by atoms with Gasteiger partial charge in [-0.25, -0.2) is 4.59 Å². The number of nitrogens with zero attached hydrogens (tertiary/aromatic N) is 2. The van der Waals surface area contributed by atoms with Crippen LogP contribution in [0.2, 0.25) is 0 Å². The molecule has 0 aromatic rings. The molecule has 2 heteroatoms.